The van der Waals surface area contributed by atoms with Gasteiger partial charge in [-0.25, -0.2) is 4.79 Å². The molecule has 0 spiro atoms. The van der Waals surface area contributed by atoms with Gasteiger partial charge in [0.2, 0.25) is 0 Å². The SMILES string of the molecule is COc1ccc(Cn2c(=O)[nH]c3cc(Cl)ccc32)cc1. The zero-order chi connectivity index (χ0) is 14.1. The molecule has 0 aliphatic carbocycles. The molecular formula is C15H13ClN2O2. The van der Waals surface area contributed by atoms with E-state index in [9.17, 15) is 4.79 Å². The lowest BCUT2D eigenvalue weighted by Gasteiger charge is -2.05. The van der Waals surface area contributed by atoms with Crippen molar-refractivity contribution in [1.29, 1.82) is 0 Å². The summed E-state index contributed by atoms with van der Waals surface area (Å²) < 4.78 is 6.81. The van der Waals surface area contributed by atoms with E-state index in [1.165, 1.54) is 0 Å². The van der Waals surface area contributed by atoms with Crippen molar-refractivity contribution in [2.45, 2.75) is 6.54 Å². The fourth-order valence-corrected chi connectivity index (χ4v) is 2.38. The average Bonchev–Trinajstić information content (AvgIpc) is 2.75. The number of hydrogen-bond donors (Lipinski definition) is 1. The summed E-state index contributed by atoms with van der Waals surface area (Å²) in [5.41, 5.74) is 2.48. The Morgan fingerprint density at radius 2 is 1.95 bits per heavy atom. The number of halogens is 1. The van der Waals surface area contributed by atoms with Crippen molar-refractivity contribution in [3.63, 3.8) is 0 Å². The summed E-state index contributed by atoms with van der Waals surface area (Å²) in [4.78, 5) is 14.8. The minimum atomic E-state index is -0.141. The van der Waals surface area contributed by atoms with Crippen LogP contribution in [0.15, 0.2) is 47.3 Å². The molecule has 1 heterocycles. The molecule has 3 rings (SSSR count). The van der Waals surface area contributed by atoms with Crippen LogP contribution in [0.5, 0.6) is 5.75 Å². The number of H-pyrrole nitrogens is 1. The van der Waals surface area contributed by atoms with Gasteiger partial charge in [0, 0.05) is 5.02 Å². The first kappa shape index (κ1) is 12.8. The van der Waals surface area contributed by atoms with E-state index < -0.39 is 0 Å². The van der Waals surface area contributed by atoms with Gasteiger partial charge in [-0.1, -0.05) is 23.7 Å². The molecule has 0 atom stereocenters. The molecule has 0 amide bonds. The first-order valence-electron chi connectivity index (χ1n) is 6.18. The molecule has 0 aliphatic rings. The van der Waals surface area contributed by atoms with Crippen LogP contribution in [0.25, 0.3) is 11.0 Å². The third-order valence-electron chi connectivity index (χ3n) is 3.24. The number of ether oxygens (including phenoxy) is 1. The summed E-state index contributed by atoms with van der Waals surface area (Å²) in [6, 6.07) is 13.0. The molecule has 0 aliphatic heterocycles. The van der Waals surface area contributed by atoms with Gasteiger partial charge in [0.1, 0.15) is 5.75 Å². The van der Waals surface area contributed by atoms with E-state index in [1.807, 2.05) is 30.3 Å². The predicted molar refractivity (Wildman–Crippen MR) is 79.7 cm³/mol. The van der Waals surface area contributed by atoms with E-state index in [1.54, 1.807) is 23.8 Å². The fraction of sp³-hybridized carbons (Fsp3) is 0.133. The Morgan fingerprint density at radius 1 is 1.20 bits per heavy atom. The second-order valence-corrected chi connectivity index (χ2v) is 4.96. The molecule has 2 aromatic carbocycles. The molecule has 4 nitrogen and oxygen atoms in total. The first-order chi connectivity index (χ1) is 9.67. The van der Waals surface area contributed by atoms with Crippen molar-refractivity contribution in [3.8, 4) is 5.75 Å². The lowest BCUT2D eigenvalue weighted by Crippen LogP contribution is -2.17. The lowest BCUT2D eigenvalue weighted by atomic mass is 10.2. The van der Waals surface area contributed by atoms with Crippen LogP contribution in [-0.2, 0) is 6.54 Å². The monoisotopic (exact) mass is 288 g/mol. The summed E-state index contributed by atoms with van der Waals surface area (Å²) >= 11 is 5.93. The molecule has 20 heavy (non-hydrogen) atoms. The Kier molecular flexibility index (Phi) is 3.24. The number of nitrogens with zero attached hydrogens (tertiary/aromatic N) is 1. The first-order valence-corrected chi connectivity index (χ1v) is 6.56. The Hall–Kier alpha value is -2.20. The predicted octanol–water partition coefficient (Wildman–Crippen LogP) is 3.04. The van der Waals surface area contributed by atoms with Crippen molar-refractivity contribution in [1.82, 2.24) is 9.55 Å². The van der Waals surface area contributed by atoms with Crippen molar-refractivity contribution < 1.29 is 4.74 Å². The number of benzene rings is 2. The zero-order valence-electron chi connectivity index (χ0n) is 10.9. The van der Waals surface area contributed by atoms with E-state index in [0.29, 0.717) is 11.6 Å². The van der Waals surface area contributed by atoms with Crippen molar-refractivity contribution in [2.75, 3.05) is 7.11 Å². The highest BCUT2D eigenvalue weighted by atomic mass is 35.5. The molecule has 102 valence electrons. The quantitative estimate of drug-likeness (QED) is 0.805. The van der Waals surface area contributed by atoms with E-state index in [4.69, 9.17) is 16.3 Å². The highest BCUT2D eigenvalue weighted by Gasteiger charge is 2.07. The van der Waals surface area contributed by atoms with Gasteiger partial charge in [-0.2, -0.15) is 0 Å². The minimum absolute atomic E-state index is 0.141. The van der Waals surface area contributed by atoms with E-state index in [2.05, 4.69) is 4.98 Å². The summed E-state index contributed by atoms with van der Waals surface area (Å²) in [7, 11) is 1.63. The van der Waals surface area contributed by atoms with Crippen LogP contribution in [-0.4, -0.2) is 16.7 Å². The Balaban J connectivity index is 2.01. The van der Waals surface area contributed by atoms with E-state index >= 15 is 0 Å². The molecular weight excluding hydrogens is 276 g/mol. The lowest BCUT2D eigenvalue weighted by molar-refractivity contribution is 0.414. The van der Waals surface area contributed by atoms with Crippen molar-refractivity contribution >= 4 is 22.6 Å². The van der Waals surface area contributed by atoms with Crippen LogP contribution >= 0.6 is 11.6 Å². The molecule has 0 bridgehead atoms. The second kappa shape index (κ2) is 5.06. The summed E-state index contributed by atoms with van der Waals surface area (Å²) in [5, 5.41) is 0.607. The maximum Gasteiger partial charge on any atom is 0.326 e. The molecule has 1 aromatic heterocycles. The van der Waals surface area contributed by atoms with Gasteiger partial charge in [-0.15, -0.1) is 0 Å². The molecule has 5 heteroatoms. The highest BCUT2D eigenvalue weighted by Crippen LogP contribution is 2.18. The molecule has 0 saturated heterocycles. The highest BCUT2D eigenvalue weighted by molar-refractivity contribution is 6.31. The van der Waals surface area contributed by atoms with Gasteiger partial charge in [0.05, 0.1) is 24.7 Å². The van der Waals surface area contributed by atoms with Gasteiger partial charge in [0.25, 0.3) is 0 Å². The van der Waals surface area contributed by atoms with Crippen LogP contribution in [0, 0.1) is 0 Å². The third-order valence-corrected chi connectivity index (χ3v) is 3.47. The molecule has 0 saturated carbocycles. The maximum absolute atomic E-state index is 12.0. The van der Waals surface area contributed by atoms with Gasteiger partial charge in [-0.05, 0) is 35.9 Å². The van der Waals surface area contributed by atoms with Gasteiger partial charge in [0.15, 0.2) is 0 Å². The normalized spacial score (nSPS) is 10.9. The topological polar surface area (TPSA) is 47.0 Å². The standard InChI is InChI=1S/C15H13ClN2O2/c1-20-12-5-2-10(3-6-12)9-18-14-7-4-11(16)8-13(14)17-15(18)19/h2-8H,9H2,1H3,(H,17,19). The number of aromatic amines is 1. The molecule has 0 fully saturated rings. The van der Waals surface area contributed by atoms with Crippen LogP contribution in [0.4, 0.5) is 0 Å². The van der Waals surface area contributed by atoms with Crippen molar-refractivity contribution in [3.05, 3.63) is 63.5 Å². The zero-order valence-corrected chi connectivity index (χ0v) is 11.6. The second-order valence-electron chi connectivity index (χ2n) is 4.53. The van der Waals surface area contributed by atoms with Crippen molar-refractivity contribution in [2.24, 2.45) is 0 Å². The smallest absolute Gasteiger partial charge is 0.326 e. The fourth-order valence-electron chi connectivity index (χ4n) is 2.21. The third kappa shape index (κ3) is 2.30. The van der Waals surface area contributed by atoms with Crippen LogP contribution in [0.2, 0.25) is 5.02 Å². The van der Waals surface area contributed by atoms with Gasteiger partial charge in [-0.3, -0.25) is 4.57 Å². The number of aromatic nitrogens is 2. The largest absolute Gasteiger partial charge is 0.497 e. The summed E-state index contributed by atoms with van der Waals surface area (Å²) in [5.74, 6) is 0.798. The van der Waals surface area contributed by atoms with Crippen LogP contribution < -0.4 is 10.4 Å². The van der Waals surface area contributed by atoms with Crippen LogP contribution in [0.3, 0.4) is 0 Å². The molecule has 0 unspecified atom stereocenters. The summed E-state index contributed by atoms with van der Waals surface area (Å²) in [6.45, 7) is 0.504. The van der Waals surface area contributed by atoms with E-state index in [0.717, 1.165) is 22.3 Å². The van der Waals surface area contributed by atoms with E-state index in [-0.39, 0.29) is 5.69 Å². The number of methoxy groups -OCH3 is 1. The van der Waals surface area contributed by atoms with Gasteiger partial charge >= 0.3 is 5.69 Å². The molecule has 0 radical (unpaired) electrons. The van der Waals surface area contributed by atoms with Gasteiger partial charge < -0.3 is 9.72 Å². The average molecular weight is 289 g/mol. The number of nitrogens with one attached hydrogen (secondary N) is 1. The Morgan fingerprint density at radius 3 is 2.65 bits per heavy atom. The Bertz CT molecular complexity index is 803. The molecule has 3 aromatic rings. The number of rotatable bonds is 3. The Labute approximate surface area is 120 Å². The molecule has 1 N–H and O–H groups in total. The number of imidazole rings is 1. The maximum atomic E-state index is 12.0. The number of hydrogen-bond acceptors (Lipinski definition) is 2. The number of fused-ring (bicyclic) bond motifs is 1. The minimum Gasteiger partial charge on any atom is -0.497 e. The summed E-state index contributed by atoms with van der Waals surface area (Å²) in [6.07, 6.45) is 0. The van der Waals surface area contributed by atoms with Crippen LogP contribution in [0.1, 0.15) is 5.56 Å².